The van der Waals surface area contributed by atoms with E-state index in [1.54, 1.807) is 0 Å². The summed E-state index contributed by atoms with van der Waals surface area (Å²) in [4.78, 5) is 0. The van der Waals surface area contributed by atoms with E-state index in [0.29, 0.717) is 0 Å². The average molecular weight is 251 g/mol. The van der Waals surface area contributed by atoms with Gasteiger partial charge < -0.3 is 10.5 Å². The molecule has 0 heterocycles. The molecule has 0 spiro atoms. The van der Waals surface area contributed by atoms with Gasteiger partial charge in [-0.3, -0.25) is 0 Å². The zero-order chi connectivity index (χ0) is 13.2. The average Bonchev–Trinajstić information content (AvgIpc) is 2.22. The van der Waals surface area contributed by atoms with Crippen LogP contribution >= 0.6 is 0 Å². The molecule has 0 amide bonds. The first-order valence-corrected chi connectivity index (χ1v) is 4.87. The molecule has 0 bridgehead atoms. The molecule has 0 fully saturated rings. The highest BCUT2D eigenvalue weighted by Crippen LogP contribution is 2.27. The lowest BCUT2D eigenvalue weighted by atomic mass is 9.93. The number of nitrogens with two attached hydrogens (primary N) is 1. The Labute approximate surface area is 96.4 Å². The van der Waals surface area contributed by atoms with Crippen LogP contribution in [0.1, 0.15) is 12.5 Å². The van der Waals surface area contributed by atoms with Gasteiger partial charge in [0.15, 0.2) is 11.6 Å². The van der Waals surface area contributed by atoms with Gasteiger partial charge in [0.1, 0.15) is 5.75 Å². The van der Waals surface area contributed by atoms with Crippen LogP contribution in [-0.4, -0.2) is 19.1 Å². The molecule has 1 unspecified atom stereocenters. The summed E-state index contributed by atoms with van der Waals surface area (Å²) in [6.45, 7) is 1.14. The van der Waals surface area contributed by atoms with Crippen molar-refractivity contribution >= 4 is 0 Å². The van der Waals surface area contributed by atoms with Crippen LogP contribution < -0.4 is 10.5 Å². The second-order valence-corrected chi connectivity index (χ2v) is 4.06. The van der Waals surface area contributed by atoms with Crippen LogP contribution in [0.5, 0.6) is 5.75 Å². The summed E-state index contributed by atoms with van der Waals surface area (Å²) in [6.07, 6.45) is -3.09. The first kappa shape index (κ1) is 13.8. The normalized spacial score (nSPS) is 14.8. The van der Waals surface area contributed by atoms with Crippen molar-refractivity contribution in [3.8, 4) is 5.75 Å². The van der Waals surface area contributed by atoms with Crippen LogP contribution in [0.4, 0.5) is 17.6 Å². The maximum absolute atomic E-state index is 13.0. The van der Waals surface area contributed by atoms with Crippen molar-refractivity contribution in [3.05, 3.63) is 29.3 Å². The number of alkyl halides is 2. The quantitative estimate of drug-likeness (QED) is 0.834. The number of hydrogen-bond acceptors (Lipinski definition) is 2. The molecule has 0 aliphatic rings. The maximum atomic E-state index is 13.0. The molecular weight excluding hydrogens is 238 g/mol. The van der Waals surface area contributed by atoms with Gasteiger partial charge in [-0.05, 0) is 25.0 Å². The van der Waals surface area contributed by atoms with Crippen LogP contribution in [0.3, 0.4) is 0 Å². The first-order chi connectivity index (χ1) is 7.77. The van der Waals surface area contributed by atoms with Crippen molar-refractivity contribution < 1.29 is 22.3 Å². The molecule has 0 aromatic heterocycles. The molecule has 0 radical (unpaired) electrons. The summed E-state index contributed by atoms with van der Waals surface area (Å²) in [7, 11) is 1.24. The highest BCUT2D eigenvalue weighted by molar-refractivity contribution is 5.36. The van der Waals surface area contributed by atoms with E-state index in [-0.39, 0.29) is 17.7 Å². The Bertz CT molecular complexity index is 407. The van der Waals surface area contributed by atoms with E-state index in [4.69, 9.17) is 10.5 Å². The van der Waals surface area contributed by atoms with Gasteiger partial charge in [-0.25, -0.2) is 17.6 Å². The summed E-state index contributed by atoms with van der Waals surface area (Å²) in [5, 5.41) is 0. The third kappa shape index (κ3) is 3.09. The molecule has 0 aliphatic carbocycles. The minimum atomic E-state index is -2.78. The van der Waals surface area contributed by atoms with Gasteiger partial charge >= 0.3 is 0 Å². The van der Waals surface area contributed by atoms with Crippen molar-refractivity contribution in [1.29, 1.82) is 0 Å². The minimum Gasteiger partial charge on any atom is -0.496 e. The van der Waals surface area contributed by atoms with E-state index in [1.807, 2.05) is 0 Å². The Morgan fingerprint density at radius 2 is 1.82 bits per heavy atom. The molecule has 0 saturated heterocycles. The van der Waals surface area contributed by atoms with E-state index in [2.05, 4.69) is 0 Å². The van der Waals surface area contributed by atoms with Crippen molar-refractivity contribution in [2.45, 2.75) is 25.3 Å². The minimum absolute atomic E-state index is 0.00113. The van der Waals surface area contributed by atoms with E-state index in [1.165, 1.54) is 7.11 Å². The molecule has 1 rings (SSSR count). The fourth-order valence-electron chi connectivity index (χ4n) is 1.39. The van der Waals surface area contributed by atoms with E-state index in [0.717, 1.165) is 19.1 Å². The molecule has 17 heavy (non-hydrogen) atoms. The van der Waals surface area contributed by atoms with Crippen LogP contribution in [0.15, 0.2) is 12.1 Å². The summed E-state index contributed by atoms with van der Waals surface area (Å²) in [6, 6.07) is 1.63. The number of ether oxygens (including phenoxy) is 1. The Hall–Kier alpha value is -1.30. The van der Waals surface area contributed by atoms with Gasteiger partial charge in [-0.15, -0.1) is 0 Å². The Morgan fingerprint density at radius 3 is 2.29 bits per heavy atom. The second-order valence-electron chi connectivity index (χ2n) is 4.06. The molecule has 96 valence electrons. The van der Waals surface area contributed by atoms with Crippen molar-refractivity contribution in [2.24, 2.45) is 5.73 Å². The molecule has 6 heteroatoms. The number of halogens is 4. The van der Waals surface area contributed by atoms with E-state index in [9.17, 15) is 17.6 Å². The molecular formula is C11H13F4NO. The predicted molar refractivity (Wildman–Crippen MR) is 55.2 cm³/mol. The number of methoxy groups -OCH3 is 1. The number of hydrogen-bond donors (Lipinski definition) is 1. The van der Waals surface area contributed by atoms with Gasteiger partial charge in [0.05, 0.1) is 12.6 Å². The summed E-state index contributed by atoms with van der Waals surface area (Å²) in [5.41, 5.74) is 3.67. The summed E-state index contributed by atoms with van der Waals surface area (Å²) >= 11 is 0. The zero-order valence-electron chi connectivity index (χ0n) is 9.44. The van der Waals surface area contributed by atoms with Crippen LogP contribution in [0, 0.1) is 11.6 Å². The SMILES string of the molecule is COc1cc(F)c(F)cc1CC(C)(N)C(F)F. The standard InChI is InChI=1S/C11H13F4NO/c1-11(16,10(14)15)5-6-3-7(12)8(13)4-9(6)17-2/h3-4,10H,5,16H2,1-2H3. The molecule has 0 aliphatic heterocycles. The Balaban J connectivity index is 3.10. The molecule has 1 atom stereocenters. The third-order valence-electron chi connectivity index (χ3n) is 2.39. The summed E-state index contributed by atoms with van der Waals surface area (Å²) in [5.74, 6) is -2.21. The van der Waals surface area contributed by atoms with Crippen LogP contribution in [0.25, 0.3) is 0 Å². The lowest BCUT2D eigenvalue weighted by molar-refractivity contribution is 0.0635. The Morgan fingerprint density at radius 1 is 1.29 bits per heavy atom. The van der Waals surface area contributed by atoms with Crippen molar-refractivity contribution in [1.82, 2.24) is 0 Å². The topological polar surface area (TPSA) is 35.2 Å². The van der Waals surface area contributed by atoms with Gasteiger partial charge in [-0.2, -0.15) is 0 Å². The maximum Gasteiger partial charge on any atom is 0.256 e. The van der Waals surface area contributed by atoms with Crippen LogP contribution in [-0.2, 0) is 6.42 Å². The van der Waals surface area contributed by atoms with Crippen molar-refractivity contribution in [2.75, 3.05) is 7.11 Å². The molecule has 1 aromatic rings. The monoisotopic (exact) mass is 251 g/mol. The number of benzene rings is 1. The highest BCUT2D eigenvalue weighted by atomic mass is 19.3. The fourth-order valence-corrected chi connectivity index (χ4v) is 1.39. The number of rotatable bonds is 4. The highest BCUT2D eigenvalue weighted by Gasteiger charge is 2.31. The van der Waals surface area contributed by atoms with E-state index >= 15 is 0 Å². The van der Waals surface area contributed by atoms with E-state index < -0.39 is 23.6 Å². The van der Waals surface area contributed by atoms with Gasteiger partial charge in [0.2, 0.25) is 0 Å². The van der Waals surface area contributed by atoms with Gasteiger partial charge in [-0.1, -0.05) is 0 Å². The lowest BCUT2D eigenvalue weighted by Crippen LogP contribution is -2.45. The fraction of sp³-hybridized carbons (Fsp3) is 0.455. The lowest BCUT2D eigenvalue weighted by Gasteiger charge is -2.24. The largest absolute Gasteiger partial charge is 0.496 e. The molecule has 2 N–H and O–H groups in total. The van der Waals surface area contributed by atoms with Crippen molar-refractivity contribution in [3.63, 3.8) is 0 Å². The molecule has 0 saturated carbocycles. The molecule has 2 nitrogen and oxygen atoms in total. The second kappa shape index (κ2) is 4.91. The Kier molecular flexibility index (Phi) is 3.98. The predicted octanol–water partition coefficient (Wildman–Crippen LogP) is 2.50. The molecule has 1 aromatic carbocycles. The van der Waals surface area contributed by atoms with Crippen LogP contribution in [0.2, 0.25) is 0 Å². The smallest absolute Gasteiger partial charge is 0.256 e. The summed E-state index contributed by atoms with van der Waals surface area (Å²) < 4.78 is 55.9. The zero-order valence-corrected chi connectivity index (χ0v) is 9.44. The third-order valence-corrected chi connectivity index (χ3v) is 2.39. The van der Waals surface area contributed by atoms with Gasteiger partial charge in [0, 0.05) is 6.07 Å². The first-order valence-electron chi connectivity index (χ1n) is 4.87. The van der Waals surface area contributed by atoms with Gasteiger partial charge in [0.25, 0.3) is 6.43 Å².